The molecule has 2 aromatic heterocycles. The lowest BCUT2D eigenvalue weighted by Crippen LogP contribution is -2.39. The number of tetrazole rings is 1. The van der Waals surface area contributed by atoms with Crippen LogP contribution in [0.1, 0.15) is 5.56 Å². The van der Waals surface area contributed by atoms with Gasteiger partial charge in [-0.05, 0) is 16.5 Å². The predicted molar refractivity (Wildman–Crippen MR) is 88.7 cm³/mol. The van der Waals surface area contributed by atoms with Crippen LogP contribution in [0.4, 0.5) is 11.8 Å². The largest absolute Gasteiger partial charge is 0.390 e. The van der Waals surface area contributed by atoms with Crippen LogP contribution in [-0.4, -0.2) is 78.3 Å². The summed E-state index contributed by atoms with van der Waals surface area (Å²) in [5.41, 5.74) is 12.4. The number of aromatic nitrogens is 5. The first-order valence-corrected chi connectivity index (χ1v) is 7.92. The van der Waals surface area contributed by atoms with Crippen molar-refractivity contribution in [1.82, 2.24) is 35.0 Å². The Morgan fingerprint density at radius 1 is 1.32 bits per heavy atom. The first kappa shape index (κ1) is 17.0. The smallest absolute Gasteiger partial charge is 0.244 e. The lowest BCUT2D eigenvalue weighted by atomic mass is 10.2. The summed E-state index contributed by atoms with van der Waals surface area (Å²) in [7, 11) is 0. The highest BCUT2D eigenvalue weighted by molar-refractivity contribution is 5.76. The van der Waals surface area contributed by atoms with E-state index in [-0.39, 0.29) is 24.9 Å². The standard InChI is InChI=1S/C14H21N9O2/c15-13-10(2-1-3-17-13)6-21-4-5-22(8-11(24)7-21)12(25)9-23-14(16)18-19-20-23/h1-3,11,24H,4-9H2,(H2,15,17)(H2,16,18,20)/t11-/m1/s1. The van der Waals surface area contributed by atoms with Gasteiger partial charge in [0.1, 0.15) is 12.4 Å². The maximum atomic E-state index is 12.4. The molecule has 2 aromatic rings. The fourth-order valence-corrected chi connectivity index (χ4v) is 2.80. The molecule has 1 amide bonds. The molecule has 0 unspecified atom stereocenters. The number of aliphatic hydroxyl groups excluding tert-OH is 1. The lowest BCUT2D eigenvalue weighted by molar-refractivity contribution is -0.132. The first-order chi connectivity index (χ1) is 12.0. The number of anilines is 2. The predicted octanol–water partition coefficient (Wildman–Crippen LogP) is -2.06. The van der Waals surface area contributed by atoms with Gasteiger partial charge in [-0.1, -0.05) is 11.2 Å². The van der Waals surface area contributed by atoms with Crippen LogP contribution in [0.5, 0.6) is 0 Å². The van der Waals surface area contributed by atoms with E-state index in [0.717, 1.165) is 5.56 Å². The molecule has 3 rings (SSSR count). The molecule has 1 fully saturated rings. The van der Waals surface area contributed by atoms with Crippen LogP contribution in [0.25, 0.3) is 0 Å². The molecule has 1 aliphatic heterocycles. The van der Waals surface area contributed by atoms with E-state index >= 15 is 0 Å². The van der Waals surface area contributed by atoms with Crippen molar-refractivity contribution in [3.05, 3.63) is 23.9 Å². The minimum absolute atomic E-state index is 0.0545. The number of nitrogens with two attached hydrogens (primary N) is 2. The highest BCUT2D eigenvalue weighted by atomic mass is 16.3. The van der Waals surface area contributed by atoms with E-state index in [2.05, 4.69) is 25.4 Å². The SMILES string of the molecule is Nc1ncccc1CN1CCN(C(=O)Cn2nnnc2N)C[C@H](O)C1. The highest BCUT2D eigenvalue weighted by Gasteiger charge is 2.25. The third-order valence-electron chi connectivity index (χ3n) is 4.10. The Labute approximate surface area is 144 Å². The van der Waals surface area contributed by atoms with Gasteiger partial charge in [0.15, 0.2) is 0 Å². The van der Waals surface area contributed by atoms with Gasteiger partial charge < -0.3 is 21.5 Å². The third kappa shape index (κ3) is 4.19. The number of nitrogens with zero attached hydrogens (tertiary/aromatic N) is 7. The van der Waals surface area contributed by atoms with Crippen LogP contribution in [-0.2, 0) is 17.9 Å². The van der Waals surface area contributed by atoms with Gasteiger partial charge >= 0.3 is 0 Å². The van der Waals surface area contributed by atoms with E-state index < -0.39 is 6.10 Å². The molecule has 0 saturated carbocycles. The Morgan fingerprint density at radius 3 is 2.88 bits per heavy atom. The van der Waals surface area contributed by atoms with E-state index in [1.54, 1.807) is 11.1 Å². The molecule has 11 nitrogen and oxygen atoms in total. The molecule has 0 radical (unpaired) electrons. The first-order valence-electron chi connectivity index (χ1n) is 7.92. The van der Waals surface area contributed by atoms with Crippen molar-refractivity contribution in [3.8, 4) is 0 Å². The van der Waals surface area contributed by atoms with Crippen molar-refractivity contribution < 1.29 is 9.90 Å². The second-order valence-electron chi connectivity index (χ2n) is 5.97. The van der Waals surface area contributed by atoms with Gasteiger partial charge in [0.25, 0.3) is 0 Å². The van der Waals surface area contributed by atoms with Crippen molar-refractivity contribution in [3.63, 3.8) is 0 Å². The van der Waals surface area contributed by atoms with Gasteiger partial charge in [0.05, 0.1) is 6.10 Å². The molecular formula is C14H21N9O2. The summed E-state index contributed by atoms with van der Waals surface area (Å²) < 4.78 is 1.23. The topological polar surface area (TPSA) is 152 Å². The Morgan fingerprint density at radius 2 is 2.16 bits per heavy atom. The number of nitrogen functional groups attached to an aromatic ring is 2. The van der Waals surface area contributed by atoms with Crippen LogP contribution < -0.4 is 11.5 Å². The van der Waals surface area contributed by atoms with E-state index in [4.69, 9.17) is 11.5 Å². The second kappa shape index (κ2) is 7.40. The number of hydrogen-bond donors (Lipinski definition) is 3. The normalized spacial score (nSPS) is 18.9. The van der Waals surface area contributed by atoms with Gasteiger partial charge in [-0.3, -0.25) is 9.69 Å². The second-order valence-corrected chi connectivity index (χ2v) is 5.97. The van der Waals surface area contributed by atoms with Gasteiger partial charge in [-0.25, -0.2) is 9.67 Å². The molecule has 3 heterocycles. The van der Waals surface area contributed by atoms with E-state index in [1.807, 2.05) is 12.1 Å². The number of amides is 1. The third-order valence-corrected chi connectivity index (χ3v) is 4.10. The molecule has 134 valence electrons. The summed E-state index contributed by atoms with van der Waals surface area (Å²) in [6.45, 7) is 2.31. The zero-order valence-corrected chi connectivity index (χ0v) is 13.7. The van der Waals surface area contributed by atoms with Gasteiger partial charge in [0.2, 0.25) is 11.9 Å². The van der Waals surface area contributed by atoms with Gasteiger partial charge in [-0.2, -0.15) is 0 Å². The maximum Gasteiger partial charge on any atom is 0.244 e. The van der Waals surface area contributed by atoms with Crippen LogP contribution in [0.2, 0.25) is 0 Å². The van der Waals surface area contributed by atoms with Crippen LogP contribution in [0, 0.1) is 0 Å². The number of aliphatic hydroxyl groups is 1. The minimum atomic E-state index is -0.657. The monoisotopic (exact) mass is 347 g/mol. The average molecular weight is 347 g/mol. The Kier molecular flexibility index (Phi) is 5.05. The fraction of sp³-hybridized carbons (Fsp3) is 0.500. The minimum Gasteiger partial charge on any atom is -0.390 e. The van der Waals surface area contributed by atoms with Gasteiger partial charge in [0, 0.05) is 44.5 Å². The number of pyridine rings is 1. The molecule has 5 N–H and O–H groups in total. The molecular weight excluding hydrogens is 326 g/mol. The van der Waals surface area contributed by atoms with Gasteiger partial charge in [-0.15, -0.1) is 0 Å². The Hall–Kier alpha value is -2.79. The molecule has 1 saturated heterocycles. The van der Waals surface area contributed by atoms with Crippen LogP contribution in [0.3, 0.4) is 0 Å². The summed E-state index contributed by atoms with van der Waals surface area (Å²) >= 11 is 0. The zero-order valence-electron chi connectivity index (χ0n) is 13.7. The number of β-amino-alcohol motifs (C(OH)–C–C–N with tert-alkyl or cyclic N) is 1. The van der Waals surface area contributed by atoms with Crippen molar-refractivity contribution >= 4 is 17.7 Å². The molecule has 0 aliphatic carbocycles. The number of carbonyl (C=O) groups is 1. The van der Waals surface area contributed by atoms with Crippen molar-refractivity contribution in [2.75, 3.05) is 37.6 Å². The molecule has 1 aliphatic rings. The van der Waals surface area contributed by atoms with E-state index in [0.29, 0.717) is 32.0 Å². The number of rotatable bonds is 4. The van der Waals surface area contributed by atoms with Crippen molar-refractivity contribution in [1.29, 1.82) is 0 Å². The maximum absolute atomic E-state index is 12.4. The molecule has 0 bridgehead atoms. The average Bonchev–Trinajstić information content (AvgIpc) is 2.87. The van der Waals surface area contributed by atoms with Crippen LogP contribution in [0.15, 0.2) is 18.3 Å². The summed E-state index contributed by atoms with van der Waals surface area (Å²) in [5.74, 6) is 0.363. The summed E-state index contributed by atoms with van der Waals surface area (Å²) in [6, 6.07) is 3.73. The molecule has 1 atom stereocenters. The Balaban J connectivity index is 1.61. The fourth-order valence-electron chi connectivity index (χ4n) is 2.80. The van der Waals surface area contributed by atoms with E-state index in [1.165, 1.54) is 4.68 Å². The molecule has 25 heavy (non-hydrogen) atoms. The molecule has 0 aromatic carbocycles. The zero-order chi connectivity index (χ0) is 17.8. The number of hydrogen-bond acceptors (Lipinski definition) is 9. The van der Waals surface area contributed by atoms with Crippen molar-refractivity contribution in [2.45, 2.75) is 19.2 Å². The highest BCUT2D eigenvalue weighted by Crippen LogP contribution is 2.13. The van der Waals surface area contributed by atoms with Crippen molar-refractivity contribution in [2.24, 2.45) is 0 Å². The van der Waals surface area contributed by atoms with E-state index in [9.17, 15) is 9.90 Å². The number of carbonyl (C=O) groups excluding carboxylic acids is 1. The molecule has 0 spiro atoms. The summed E-state index contributed by atoms with van der Waals surface area (Å²) in [6.07, 6.45) is 0.983. The summed E-state index contributed by atoms with van der Waals surface area (Å²) in [5, 5.41) is 20.9. The summed E-state index contributed by atoms with van der Waals surface area (Å²) in [4.78, 5) is 20.1. The molecule has 11 heteroatoms. The lowest BCUT2D eigenvalue weighted by Gasteiger charge is -2.22. The van der Waals surface area contributed by atoms with Crippen LogP contribution >= 0.6 is 0 Å². The quantitative estimate of drug-likeness (QED) is 0.566. The Bertz CT molecular complexity index is 735.